The highest BCUT2D eigenvalue weighted by molar-refractivity contribution is 5.77. The molecule has 1 saturated carbocycles. The van der Waals surface area contributed by atoms with Crippen LogP contribution in [0.3, 0.4) is 0 Å². The Balaban J connectivity index is 1.74. The van der Waals surface area contributed by atoms with E-state index in [1.165, 1.54) is 0 Å². The lowest BCUT2D eigenvalue weighted by molar-refractivity contribution is 0.121. The number of rotatable bonds is 7. The SMILES string of the molecule is CCCCNc1ncc2c(-c3ccc(CO)cc3)nc([C@H]3CC[C@H](O)CC3)n2n1. The van der Waals surface area contributed by atoms with Gasteiger partial charge in [0.2, 0.25) is 5.95 Å². The third-order valence-corrected chi connectivity index (χ3v) is 5.70. The fraction of sp³-hybridized carbons (Fsp3) is 0.500. The van der Waals surface area contributed by atoms with E-state index in [1.54, 1.807) is 0 Å². The summed E-state index contributed by atoms with van der Waals surface area (Å²) in [6.07, 6.45) is 7.23. The maximum atomic E-state index is 9.90. The van der Waals surface area contributed by atoms with Gasteiger partial charge in [-0.25, -0.2) is 14.5 Å². The molecular formula is C22H29N5O2. The molecule has 1 aliphatic rings. The number of aliphatic hydroxyl groups excluding tert-OH is 2. The zero-order chi connectivity index (χ0) is 20.2. The van der Waals surface area contributed by atoms with Crippen LogP contribution in [0.4, 0.5) is 5.95 Å². The third kappa shape index (κ3) is 4.26. The van der Waals surface area contributed by atoms with Gasteiger partial charge in [-0.1, -0.05) is 37.6 Å². The lowest BCUT2D eigenvalue weighted by atomic mass is 9.87. The molecule has 2 aromatic heterocycles. The van der Waals surface area contributed by atoms with Gasteiger partial charge in [0, 0.05) is 18.0 Å². The molecule has 7 nitrogen and oxygen atoms in total. The zero-order valence-corrected chi connectivity index (χ0v) is 16.9. The molecule has 0 aliphatic heterocycles. The van der Waals surface area contributed by atoms with Crippen molar-refractivity contribution < 1.29 is 10.2 Å². The zero-order valence-electron chi connectivity index (χ0n) is 16.9. The van der Waals surface area contributed by atoms with Crippen LogP contribution in [0.1, 0.15) is 62.8 Å². The predicted molar refractivity (Wildman–Crippen MR) is 113 cm³/mol. The van der Waals surface area contributed by atoms with Crippen LogP contribution in [0.2, 0.25) is 0 Å². The van der Waals surface area contributed by atoms with Crippen molar-refractivity contribution >= 4 is 11.5 Å². The van der Waals surface area contributed by atoms with E-state index in [0.29, 0.717) is 5.95 Å². The Hall–Kier alpha value is -2.51. The van der Waals surface area contributed by atoms with Crippen molar-refractivity contribution in [3.8, 4) is 11.3 Å². The number of unbranched alkanes of at least 4 members (excludes halogenated alkanes) is 1. The summed E-state index contributed by atoms with van der Waals surface area (Å²) in [5, 5.41) is 27.3. The van der Waals surface area contributed by atoms with Gasteiger partial charge in [-0.3, -0.25) is 0 Å². The summed E-state index contributed by atoms with van der Waals surface area (Å²) >= 11 is 0. The number of aromatic nitrogens is 4. The molecule has 7 heteroatoms. The minimum atomic E-state index is -0.205. The second-order valence-corrected chi connectivity index (χ2v) is 7.84. The smallest absolute Gasteiger partial charge is 0.241 e. The first-order valence-electron chi connectivity index (χ1n) is 10.6. The summed E-state index contributed by atoms with van der Waals surface area (Å²) in [5.41, 5.74) is 3.59. The summed E-state index contributed by atoms with van der Waals surface area (Å²) in [6, 6.07) is 7.79. The maximum absolute atomic E-state index is 9.90. The Kier molecular flexibility index (Phi) is 6.06. The topological polar surface area (TPSA) is 95.6 Å². The first-order chi connectivity index (χ1) is 14.2. The highest BCUT2D eigenvalue weighted by atomic mass is 16.3. The van der Waals surface area contributed by atoms with Crippen molar-refractivity contribution in [3.05, 3.63) is 41.9 Å². The van der Waals surface area contributed by atoms with Crippen molar-refractivity contribution in [2.45, 2.75) is 64.1 Å². The van der Waals surface area contributed by atoms with E-state index < -0.39 is 0 Å². The summed E-state index contributed by atoms with van der Waals surface area (Å²) in [7, 11) is 0. The summed E-state index contributed by atoms with van der Waals surface area (Å²) in [6.45, 7) is 3.03. The fourth-order valence-electron chi connectivity index (χ4n) is 3.94. The first kappa shape index (κ1) is 19.8. The monoisotopic (exact) mass is 395 g/mol. The predicted octanol–water partition coefficient (Wildman–Crippen LogP) is 3.51. The molecule has 1 aliphatic carbocycles. The summed E-state index contributed by atoms with van der Waals surface area (Å²) < 4.78 is 1.93. The van der Waals surface area contributed by atoms with Gasteiger partial charge in [0.1, 0.15) is 11.3 Å². The van der Waals surface area contributed by atoms with Crippen molar-refractivity contribution in [1.29, 1.82) is 0 Å². The van der Waals surface area contributed by atoms with E-state index in [9.17, 15) is 10.2 Å². The molecule has 29 heavy (non-hydrogen) atoms. The fourth-order valence-corrected chi connectivity index (χ4v) is 3.94. The Morgan fingerprint density at radius 2 is 1.90 bits per heavy atom. The van der Waals surface area contributed by atoms with Gasteiger partial charge in [0.15, 0.2) is 0 Å². The maximum Gasteiger partial charge on any atom is 0.241 e. The number of anilines is 1. The largest absolute Gasteiger partial charge is 0.393 e. The second kappa shape index (κ2) is 8.88. The van der Waals surface area contributed by atoms with Gasteiger partial charge in [0.05, 0.1) is 24.6 Å². The number of fused-ring (bicyclic) bond motifs is 1. The quantitative estimate of drug-likeness (QED) is 0.530. The van der Waals surface area contributed by atoms with Crippen LogP contribution in [0.15, 0.2) is 30.5 Å². The van der Waals surface area contributed by atoms with Crippen LogP contribution in [-0.2, 0) is 6.61 Å². The van der Waals surface area contributed by atoms with Crippen molar-refractivity contribution in [1.82, 2.24) is 19.6 Å². The molecule has 4 rings (SSSR count). The Morgan fingerprint density at radius 1 is 1.14 bits per heavy atom. The minimum Gasteiger partial charge on any atom is -0.393 e. The van der Waals surface area contributed by atoms with Gasteiger partial charge < -0.3 is 15.5 Å². The Morgan fingerprint density at radius 3 is 2.59 bits per heavy atom. The molecule has 3 aromatic rings. The Labute approximate surface area is 170 Å². The number of hydrogen-bond donors (Lipinski definition) is 3. The van der Waals surface area contributed by atoms with E-state index in [1.807, 2.05) is 35.0 Å². The molecule has 0 bridgehead atoms. The van der Waals surface area contributed by atoms with Crippen molar-refractivity contribution in [2.75, 3.05) is 11.9 Å². The number of aliphatic hydroxyl groups is 2. The van der Waals surface area contributed by atoms with Crippen LogP contribution in [0.5, 0.6) is 0 Å². The van der Waals surface area contributed by atoms with E-state index in [2.05, 4.69) is 17.2 Å². The highest BCUT2D eigenvalue weighted by Gasteiger charge is 2.26. The van der Waals surface area contributed by atoms with Gasteiger partial charge in [-0.2, -0.15) is 0 Å². The minimum absolute atomic E-state index is 0.0236. The van der Waals surface area contributed by atoms with Gasteiger partial charge in [-0.05, 0) is 37.7 Å². The molecule has 0 saturated heterocycles. The van der Waals surface area contributed by atoms with E-state index in [4.69, 9.17) is 10.1 Å². The molecular weight excluding hydrogens is 366 g/mol. The molecule has 0 unspecified atom stereocenters. The van der Waals surface area contributed by atoms with E-state index in [-0.39, 0.29) is 18.6 Å². The molecule has 0 radical (unpaired) electrons. The van der Waals surface area contributed by atoms with Crippen LogP contribution in [0.25, 0.3) is 16.8 Å². The Bertz CT molecular complexity index is 946. The van der Waals surface area contributed by atoms with Crippen LogP contribution >= 0.6 is 0 Å². The molecule has 1 fully saturated rings. The van der Waals surface area contributed by atoms with Gasteiger partial charge in [0.25, 0.3) is 0 Å². The van der Waals surface area contributed by atoms with Crippen LogP contribution in [-0.4, -0.2) is 42.4 Å². The molecule has 0 spiro atoms. The van der Waals surface area contributed by atoms with Gasteiger partial charge in [-0.15, -0.1) is 5.10 Å². The normalized spacial score (nSPS) is 19.6. The molecule has 2 heterocycles. The van der Waals surface area contributed by atoms with E-state index >= 15 is 0 Å². The first-order valence-corrected chi connectivity index (χ1v) is 10.6. The standard InChI is InChI=1S/C22H29N5O2/c1-2-3-12-23-22-24-13-19-20(16-6-4-15(14-28)5-7-16)25-21(27(19)26-22)17-8-10-18(29)11-9-17/h4-7,13,17-18,28-29H,2-3,8-12,14H2,1H3,(H,23,26)/t17-,18-. The summed E-state index contributed by atoms with van der Waals surface area (Å²) in [4.78, 5) is 9.50. The second-order valence-electron chi connectivity index (χ2n) is 7.84. The molecule has 0 atom stereocenters. The number of hydrogen-bond acceptors (Lipinski definition) is 6. The number of nitrogens with zero attached hydrogens (tertiary/aromatic N) is 4. The van der Waals surface area contributed by atoms with E-state index in [0.717, 1.165) is 73.2 Å². The average Bonchev–Trinajstić information content (AvgIpc) is 3.13. The van der Waals surface area contributed by atoms with Crippen LogP contribution < -0.4 is 5.32 Å². The highest BCUT2D eigenvalue weighted by Crippen LogP contribution is 2.35. The number of nitrogens with one attached hydrogen (secondary N) is 1. The molecule has 154 valence electrons. The van der Waals surface area contributed by atoms with Gasteiger partial charge >= 0.3 is 0 Å². The molecule has 3 N–H and O–H groups in total. The lowest BCUT2D eigenvalue weighted by Crippen LogP contribution is -2.19. The molecule has 0 amide bonds. The van der Waals surface area contributed by atoms with Crippen molar-refractivity contribution in [2.24, 2.45) is 0 Å². The molecule has 1 aromatic carbocycles. The van der Waals surface area contributed by atoms with Crippen LogP contribution in [0, 0.1) is 0 Å². The third-order valence-electron chi connectivity index (χ3n) is 5.70. The number of benzene rings is 1. The average molecular weight is 396 g/mol. The van der Waals surface area contributed by atoms with Crippen molar-refractivity contribution in [3.63, 3.8) is 0 Å². The summed E-state index contributed by atoms with van der Waals surface area (Å²) in [5.74, 6) is 1.83. The lowest BCUT2D eigenvalue weighted by Gasteiger charge is -2.24. The number of imidazole rings is 1.